The number of methoxy groups -OCH3 is 2. The Labute approximate surface area is 167 Å². The summed E-state index contributed by atoms with van der Waals surface area (Å²) in [6.45, 7) is 0.499. The fraction of sp³-hybridized carbons (Fsp3) is 0.238. The highest BCUT2D eigenvalue weighted by atomic mass is 32.1. The minimum absolute atomic E-state index is 0.0683. The maximum Gasteiger partial charge on any atom is 0.224 e. The average Bonchev–Trinajstić information content (AvgIpc) is 3.17. The molecule has 0 saturated carbocycles. The lowest BCUT2D eigenvalue weighted by Crippen LogP contribution is -2.27. The number of amides is 1. The number of ether oxygens (including phenoxy) is 2. The summed E-state index contributed by atoms with van der Waals surface area (Å²) in [6.07, 6.45) is 0.896. The Balaban J connectivity index is 1.50. The van der Waals surface area contributed by atoms with Gasteiger partial charge in [0.05, 0.1) is 26.3 Å². The van der Waals surface area contributed by atoms with E-state index in [1.807, 2.05) is 11.4 Å². The van der Waals surface area contributed by atoms with Crippen LogP contribution >= 0.6 is 11.3 Å². The molecule has 0 saturated heterocycles. The van der Waals surface area contributed by atoms with Gasteiger partial charge in [0, 0.05) is 23.9 Å². The highest BCUT2D eigenvalue weighted by Crippen LogP contribution is 2.27. The maximum absolute atomic E-state index is 13.0. The topological polar surface area (TPSA) is 60.5 Å². The summed E-state index contributed by atoms with van der Waals surface area (Å²) in [5, 5.41) is 5.70. The van der Waals surface area contributed by atoms with E-state index in [2.05, 4.69) is 10.3 Å². The van der Waals surface area contributed by atoms with Gasteiger partial charge in [-0.3, -0.25) is 4.79 Å². The van der Waals surface area contributed by atoms with Gasteiger partial charge in [-0.15, -0.1) is 11.3 Å². The molecule has 2 aromatic carbocycles. The second-order valence-electron chi connectivity index (χ2n) is 6.12. The number of halogens is 1. The van der Waals surface area contributed by atoms with Gasteiger partial charge in [-0.2, -0.15) is 0 Å². The molecular formula is C21H21FN2O3S. The Morgan fingerprint density at radius 3 is 2.57 bits per heavy atom. The minimum atomic E-state index is -0.266. The molecule has 28 heavy (non-hydrogen) atoms. The van der Waals surface area contributed by atoms with Crippen molar-refractivity contribution in [2.45, 2.75) is 12.8 Å². The Kier molecular flexibility index (Phi) is 6.60. The van der Waals surface area contributed by atoms with Gasteiger partial charge in [0.1, 0.15) is 10.8 Å². The minimum Gasteiger partial charge on any atom is -0.493 e. The van der Waals surface area contributed by atoms with Crippen LogP contribution in [0.2, 0.25) is 0 Å². The molecule has 0 bridgehead atoms. The zero-order valence-corrected chi connectivity index (χ0v) is 16.5. The van der Waals surface area contributed by atoms with E-state index in [0.717, 1.165) is 21.8 Å². The van der Waals surface area contributed by atoms with Crippen molar-refractivity contribution < 1.29 is 18.7 Å². The molecule has 0 aliphatic heterocycles. The van der Waals surface area contributed by atoms with Crippen molar-refractivity contribution in [1.29, 1.82) is 0 Å². The first kappa shape index (κ1) is 19.8. The first-order valence-electron chi connectivity index (χ1n) is 8.77. The molecule has 1 heterocycles. The number of nitrogens with one attached hydrogen (secondary N) is 1. The fourth-order valence-corrected chi connectivity index (χ4v) is 3.58. The third-order valence-corrected chi connectivity index (χ3v) is 5.10. The molecule has 0 unspecified atom stereocenters. The molecule has 0 spiro atoms. The number of nitrogens with zero attached hydrogens (tertiary/aromatic N) is 1. The van der Waals surface area contributed by atoms with E-state index in [-0.39, 0.29) is 18.1 Å². The molecule has 3 rings (SSSR count). The molecule has 1 amide bonds. The number of carbonyl (C=O) groups is 1. The molecule has 3 aromatic rings. The molecule has 7 heteroatoms. The summed E-state index contributed by atoms with van der Waals surface area (Å²) in [5.74, 6) is 0.898. The Morgan fingerprint density at radius 1 is 1.11 bits per heavy atom. The number of thiazole rings is 1. The van der Waals surface area contributed by atoms with Crippen LogP contribution in [0.25, 0.3) is 10.6 Å². The zero-order valence-electron chi connectivity index (χ0n) is 15.7. The van der Waals surface area contributed by atoms with Crippen LogP contribution in [0, 0.1) is 5.82 Å². The highest BCUT2D eigenvalue weighted by Gasteiger charge is 2.09. The van der Waals surface area contributed by atoms with Crippen LogP contribution in [0.5, 0.6) is 11.5 Å². The van der Waals surface area contributed by atoms with E-state index in [9.17, 15) is 9.18 Å². The van der Waals surface area contributed by atoms with Crippen LogP contribution in [0.1, 0.15) is 11.3 Å². The van der Waals surface area contributed by atoms with Crippen molar-refractivity contribution in [1.82, 2.24) is 10.3 Å². The monoisotopic (exact) mass is 400 g/mol. The van der Waals surface area contributed by atoms with E-state index in [1.54, 1.807) is 38.5 Å². The third kappa shape index (κ3) is 5.07. The molecule has 0 aliphatic carbocycles. The van der Waals surface area contributed by atoms with E-state index < -0.39 is 0 Å². The van der Waals surface area contributed by atoms with Crippen LogP contribution in [0.3, 0.4) is 0 Å². The maximum atomic E-state index is 13.0. The lowest BCUT2D eigenvalue weighted by atomic mass is 10.1. The molecule has 0 atom stereocenters. The van der Waals surface area contributed by atoms with Gasteiger partial charge in [-0.1, -0.05) is 6.07 Å². The van der Waals surface area contributed by atoms with Gasteiger partial charge < -0.3 is 14.8 Å². The van der Waals surface area contributed by atoms with Crippen LogP contribution < -0.4 is 14.8 Å². The first-order chi connectivity index (χ1) is 13.6. The van der Waals surface area contributed by atoms with Crippen molar-refractivity contribution in [2.24, 2.45) is 0 Å². The number of rotatable bonds is 8. The van der Waals surface area contributed by atoms with Crippen molar-refractivity contribution in [3.63, 3.8) is 0 Å². The zero-order chi connectivity index (χ0) is 19.9. The van der Waals surface area contributed by atoms with Gasteiger partial charge in [0.15, 0.2) is 11.5 Å². The lowest BCUT2D eigenvalue weighted by molar-refractivity contribution is -0.120. The molecule has 1 aromatic heterocycles. The standard InChI is InChI=1S/C21H21FN2O3S/c1-26-18-8-3-14(11-19(18)27-2)12-20(25)23-10-9-17-13-28-21(24-17)15-4-6-16(22)7-5-15/h3-8,11,13H,9-10,12H2,1-2H3,(H,23,25). The summed E-state index contributed by atoms with van der Waals surface area (Å²) in [6, 6.07) is 11.7. The van der Waals surface area contributed by atoms with Gasteiger partial charge in [0.25, 0.3) is 0 Å². The van der Waals surface area contributed by atoms with E-state index in [0.29, 0.717) is 24.5 Å². The lowest BCUT2D eigenvalue weighted by Gasteiger charge is -2.09. The Hall–Kier alpha value is -2.93. The molecule has 5 nitrogen and oxygen atoms in total. The summed E-state index contributed by atoms with van der Waals surface area (Å²) in [7, 11) is 3.14. The van der Waals surface area contributed by atoms with Gasteiger partial charge in [-0.25, -0.2) is 9.37 Å². The molecule has 146 valence electrons. The van der Waals surface area contributed by atoms with Crippen LogP contribution in [-0.4, -0.2) is 31.7 Å². The molecule has 0 radical (unpaired) electrons. The molecule has 1 N–H and O–H groups in total. The summed E-state index contributed by atoms with van der Waals surface area (Å²) < 4.78 is 23.5. The van der Waals surface area contributed by atoms with Crippen molar-refractivity contribution in [2.75, 3.05) is 20.8 Å². The highest BCUT2D eigenvalue weighted by molar-refractivity contribution is 7.13. The van der Waals surface area contributed by atoms with Crippen molar-refractivity contribution >= 4 is 17.2 Å². The smallest absolute Gasteiger partial charge is 0.224 e. The second-order valence-corrected chi connectivity index (χ2v) is 6.98. The molecular weight excluding hydrogens is 379 g/mol. The van der Waals surface area contributed by atoms with E-state index in [1.165, 1.54) is 23.5 Å². The quantitative estimate of drug-likeness (QED) is 0.624. The van der Waals surface area contributed by atoms with Crippen molar-refractivity contribution in [3.8, 4) is 22.1 Å². The number of hydrogen-bond donors (Lipinski definition) is 1. The molecule has 0 fully saturated rings. The van der Waals surface area contributed by atoms with Gasteiger partial charge in [-0.05, 0) is 42.0 Å². The van der Waals surface area contributed by atoms with Gasteiger partial charge in [0.2, 0.25) is 5.91 Å². The first-order valence-corrected chi connectivity index (χ1v) is 9.65. The predicted molar refractivity (Wildman–Crippen MR) is 107 cm³/mol. The van der Waals surface area contributed by atoms with Crippen LogP contribution in [0.4, 0.5) is 4.39 Å². The number of benzene rings is 2. The normalized spacial score (nSPS) is 10.5. The van der Waals surface area contributed by atoms with Crippen LogP contribution in [0.15, 0.2) is 47.8 Å². The summed E-state index contributed by atoms with van der Waals surface area (Å²) in [5.41, 5.74) is 2.63. The summed E-state index contributed by atoms with van der Waals surface area (Å²) in [4.78, 5) is 16.7. The number of aromatic nitrogens is 1. The fourth-order valence-electron chi connectivity index (χ4n) is 2.72. The Bertz CT molecular complexity index is 941. The third-order valence-electron chi connectivity index (χ3n) is 4.16. The second kappa shape index (κ2) is 9.32. The van der Waals surface area contributed by atoms with E-state index >= 15 is 0 Å². The van der Waals surface area contributed by atoms with Crippen molar-refractivity contribution in [3.05, 3.63) is 64.9 Å². The molecule has 0 aliphatic rings. The predicted octanol–water partition coefficient (Wildman–Crippen LogP) is 3.87. The average molecular weight is 400 g/mol. The number of hydrogen-bond acceptors (Lipinski definition) is 5. The summed E-state index contributed by atoms with van der Waals surface area (Å²) >= 11 is 1.51. The largest absolute Gasteiger partial charge is 0.493 e. The van der Waals surface area contributed by atoms with E-state index in [4.69, 9.17) is 9.47 Å². The SMILES string of the molecule is COc1ccc(CC(=O)NCCc2csc(-c3ccc(F)cc3)n2)cc1OC. The Morgan fingerprint density at radius 2 is 1.86 bits per heavy atom. The van der Waals surface area contributed by atoms with Crippen LogP contribution in [-0.2, 0) is 17.6 Å². The number of carbonyl (C=O) groups excluding carboxylic acids is 1. The van der Waals surface area contributed by atoms with Gasteiger partial charge >= 0.3 is 0 Å².